The van der Waals surface area contributed by atoms with Gasteiger partial charge >= 0.3 is 0 Å². The van der Waals surface area contributed by atoms with Crippen LogP contribution in [0.1, 0.15) is 11.7 Å². The van der Waals surface area contributed by atoms with E-state index in [2.05, 4.69) is 25.6 Å². The first kappa shape index (κ1) is 21.1. The van der Waals surface area contributed by atoms with Crippen LogP contribution in [0.4, 0.5) is 0 Å². The Labute approximate surface area is 203 Å². The lowest BCUT2D eigenvalue weighted by Gasteiger charge is -2.08. The van der Waals surface area contributed by atoms with Gasteiger partial charge in [-0.25, -0.2) is 0 Å². The average molecular weight is 483 g/mol. The van der Waals surface area contributed by atoms with Crippen LogP contribution in [0.5, 0.6) is 0 Å². The van der Waals surface area contributed by atoms with Gasteiger partial charge in [-0.15, -0.1) is 20.4 Å². The zero-order valence-corrected chi connectivity index (χ0v) is 19.3. The van der Waals surface area contributed by atoms with Gasteiger partial charge in [0.05, 0.1) is 12.0 Å². The molecule has 0 radical (unpaired) electrons. The molecule has 0 bridgehead atoms. The number of hydrogen-bond acceptors (Lipinski definition) is 9. The van der Waals surface area contributed by atoms with Crippen molar-refractivity contribution in [2.75, 3.05) is 0 Å². The van der Waals surface area contributed by atoms with Gasteiger partial charge in [0.1, 0.15) is 17.0 Å². The van der Waals surface area contributed by atoms with Crippen LogP contribution >= 0.6 is 11.8 Å². The highest BCUT2D eigenvalue weighted by Gasteiger charge is 2.23. The summed E-state index contributed by atoms with van der Waals surface area (Å²) in [6, 6.07) is 23.3. The Morgan fingerprint density at radius 3 is 2.43 bits per heavy atom. The fourth-order valence-corrected chi connectivity index (χ4v) is 4.48. The third-order valence-corrected chi connectivity index (χ3v) is 6.22. The quantitative estimate of drug-likeness (QED) is 0.259. The summed E-state index contributed by atoms with van der Waals surface area (Å²) < 4.78 is 18.9. The molecule has 0 N–H and O–H groups in total. The first-order chi connectivity index (χ1) is 17.3. The fourth-order valence-electron chi connectivity index (χ4n) is 3.69. The first-order valence-electron chi connectivity index (χ1n) is 10.8. The van der Waals surface area contributed by atoms with E-state index in [1.165, 1.54) is 11.8 Å². The number of hydrogen-bond donors (Lipinski definition) is 0. The van der Waals surface area contributed by atoms with Crippen LogP contribution in [0.25, 0.3) is 40.0 Å². The summed E-state index contributed by atoms with van der Waals surface area (Å²) in [5.41, 5.74) is 3.19. The third-order valence-electron chi connectivity index (χ3n) is 5.30. The Hall–Kier alpha value is -4.44. The molecule has 6 aromatic rings. The van der Waals surface area contributed by atoms with E-state index in [0.29, 0.717) is 51.3 Å². The van der Waals surface area contributed by atoms with Crippen molar-refractivity contribution in [1.82, 2.24) is 30.1 Å². The summed E-state index contributed by atoms with van der Waals surface area (Å²) in [7, 11) is 0. The number of thioether (sulfide) groups is 1. The highest BCUT2D eigenvalue weighted by Crippen LogP contribution is 2.34. The Bertz CT molecular complexity index is 1560. The van der Waals surface area contributed by atoms with E-state index in [1.807, 2.05) is 84.3 Å². The normalized spacial score (nSPS) is 11.2. The number of aromatic nitrogens is 6. The number of rotatable bonds is 7. The molecule has 0 saturated carbocycles. The molecule has 0 aliphatic heterocycles. The first-order valence-corrected chi connectivity index (χ1v) is 11.8. The molecule has 0 unspecified atom stereocenters. The van der Waals surface area contributed by atoms with E-state index >= 15 is 0 Å². The van der Waals surface area contributed by atoms with E-state index < -0.39 is 0 Å². The van der Waals surface area contributed by atoms with Gasteiger partial charge in [-0.1, -0.05) is 65.4 Å². The van der Waals surface area contributed by atoms with Crippen LogP contribution in [0, 0.1) is 6.92 Å². The van der Waals surface area contributed by atoms with Gasteiger partial charge in [0.2, 0.25) is 11.7 Å². The lowest BCUT2D eigenvalue weighted by atomic mass is 10.1. The summed E-state index contributed by atoms with van der Waals surface area (Å²) in [4.78, 5) is 0. The number of nitrogens with zero attached hydrogens (tertiary/aromatic N) is 6. The van der Waals surface area contributed by atoms with Crippen LogP contribution in [-0.2, 0) is 5.75 Å². The molecule has 2 aromatic carbocycles. The molecule has 0 aliphatic carbocycles. The minimum Gasteiger partial charge on any atom is -0.461 e. The molecule has 9 nitrogen and oxygen atoms in total. The van der Waals surface area contributed by atoms with Crippen LogP contribution in [0.15, 0.2) is 97.6 Å². The van der Waals surface area contributed by atoms with E-state index in [1.54, 1.807) is 6.26 Å². The molecule has 0 aliphatic rings. The Kier molecular flexibility index (Phi) is 5.47. The molecular formula is C25H18N6O3S. The second-order valence-corrected chi connectivity index (χ2v) is 8.51. The smallest absolute Gasteiger partial charge is 0.253 e. The highest BCUT2D eigenvalue weighted by molar-refractivity contribution is 7.98. The van der Waals surface area contributed by atoms with Gasteiger partial charge in [0.25, 0.3) is 5.89 Å². The summed E-state index contributed by atoms with van der Waals surface area (Å²) >= 11 is 1.44. The largest absolute Gasteiger partial charge is 0.461 e. The van der Waals surface area contributed by atoms with Crippen LogP contribution in [-0.4, -0.2) is 30.1 Å². The Morgan fingerprint density at radius 2 is 1.66 bits per heavy atom. The molecule has 0 amide bonds. The lowest BCUT2D eigenvalue weighted by Crippen LogP contribution is -1.99. The SMILES string of the molecule is Cc1onc(-c2ccccc2)c1-c1nnc(CSc2nnc(-c3ccco3)n2-c2ccccc2)o1. The van der Waals surface area contributed by atoms with Crippen molar-refractivity contribution in [3.8, 4) is 40.0 Å². The minimum atomic E-state index is 0.360. The van der Waals surface area contributed by atoms with Crippen molar-refractivity contribution in [2.45, 2.75) is 17.8 Å². The van der Waals surface area contributed by atoms with Gasteiger partial charge < -0.3 is 13.4 Å². The zero-order valence-electron chi connectivity index (χ0n) is 18.5. The number of aryl methyl sites for hydroxylation is 1. The maximum Gasteiger partial charge on any atom is 0.253 e. The molecule has 172 valence electrons. The van der Waals surface area contributed by atoms with Gasteiger partial charge in [0.15, 0.2) is 10.9 Å². The zero-order chi connectivity index (χ0) is 23.6. The predicted octanol–water partition coefficient (Wildman–Crippen LogP) is 5.83. The standard InChI is InChI=1S/C25H18N6O3S/c1-16-21(22(30-34-16)17-9-4-2-5-10-17)24-28-26-20(33-24)15-35-25-29-27-23(19-13-8-14-32-19)31(25)18-11-6-3-7-12-18/h2-14H,15H2,1H3. The monoisotopic (exact) mass is 482 g/mol. The molecular weight excluding hydrogens is 464 g/mol. The van der Waals surface area contributed by atoms with Crippen LogP contribution in [0.2, 0.25) is 0 Å². The van der Waals surface area contributed by atoms with Crippen LogP contribution < -0.4 is 0 Å². The summed E-state index contributed by atoms with van der Waals surface area (Å²) in [5, 5.41) is 22.1. The maximum atomic E-state index is 6.00. The fraction of sp³-hybridized carbons (Fsp3) is 0.0800. The topological polar surface area (TPSA) is 109 Å². The summed E-state index contributed by atoms with van der Waals surface area (Å²) in [6.45, 7) is 1.83. The van der Waals surface area contributed by atoms with Crippen molar-refractivity contribution in [3.63, 3.8) is 0 Å². The van der Waals surface area contributed by atoms with E-state index in [4.69, 9.17) is 13.4 Å². The lowest BCUT2D eigenvalue weighted by molar-refractivity contribution is 0.399. The predicted molar refractivity (Wildman–Crippen MR) is 129 cm³/mol. The van der Waals surface area contributed by atoms with E-state index in [-0.39, 0.29) is 0 Å². The summed E-state index contributed by atoms with van der Waals surface area (Å²) in [5.74, 6) is 3.07. The van der Waals surface area contributed by atoms with E-state index in [9.17, 15) is 0 Å². The van der Waals surface area contributed by atoms with Gasteiger partial charge in [-0.2, -0.15) is 0 Å². The van der Waals surface area contributed by atoms with Gasteiger partial charge in [0, 0.05) is 11.3 Å². The van der Waals surface area contributed by atoms with Crippen LogP contribution in [0.3, 0.4) is 0 Å². The molecule has 0 atom stereocenters. The molecule has 0 spiro atoms. The van der Waals surface area contributed by atoms with Crippen molar-refractivity contribution < 1.29 is 13.4 Å². The van der Waals surface area contributed by atoms with Crippen molar-refractivity contribution >= 4 is 11.8 Å². The molecule has 4 aromatic heterocycles. The Morgan fingerprint density at radius 1 is 0.857 bits per heavy atom. The third kappa shape index (κ3) is 4.04. The molecule has 0 fully saturated rings. The molecule has 10 heteroatoms. The molecule has 4 heterocycles. The maximum absolute atomic E-state index is 6.00. The molecule has 6 rings (SSSR count). The second-order valence-electron chi connectivity index (χ2n) is 7.57. The molecule has 0 saturated heterocycles. The summed E-state index contributed by atoms with van der Waals surface area (Å²) in [6.07, 6.45) is 1.61. The second kappa shape index (κ2) is 9.07. The number of para-hydroxylation sites is 1. The van der Waals surface area contributed by atoms with Crippen molar-refractivity contribution in [3.05, 3.63) is 90.7 Å². The Balaban J connectivity index is 1.29. The number of benzene rings is 2. The minimum absolute atomic E-state index is 0.360. The van der Waals surface area contributed by atoms with Gasteiger partial charge in [-0.05, 0) is 31.2 Å². The highest BCUT2D eigenvalue weighted by atomic mass is 32.2. The van der Waals surface area contributed by atoms with Gasteiger partial charge in [-0.3, -0.25) is 4.57 Å². The molecule has 35 heavy (non-hydrogen) atoms. The van der Waals surface area contributed by atoms with Crippen molar-refractivity contribution in [1.29, 1.82) is 0 Å². The van der Waals surface area contributed by atoms with Crippen molar-refractivity contribution in [2.24, 2.45) is 0 Å². The van der Waals surface area contributed by atoms with E-state index in [0.717, 1.165) is 11.3 Å². The average Bonchev–Trinajstić information content (AvgIpc) is 3.70. The number of furan rings is 1.